The number of hydrogen-bond acceptors (Lipinski definition) is 3. The summed E-state index contributed by atoms with van der Waals surface area (Å²) in [6.45, 7) is 0. The van der Waals surface area contributed by atoms with Crippen LogP contribution in [0.4, 0.5) is 8.78 Å². The molecule has 1 heterocycles. The molecular weight excluding hydrogens is 248 g/mol. The first-order valence-electron chi connectivity index (χ1n) is 3.15. The van der Waals surface area contributed by atoms with Gasteiger partial charge in [0.15, 0.2) is 17.3 Å². The number of rotatable bonds is 1. The van der Waals surface area contributed by atoms with Crippen molar-refractivity contribution in [2.75, 3.05) is 7.11 Å². The van der Waals surface area contributed by atoms with Gasteiger partial charge in [-0.1, -0.05) is 0 Å². The molecule has 0 bridgehead atoms. The maximum Gasteiger partial charge on any atom is 0.359 e. The average Bonchev–Trinajstić information content (AvgIpc) is 2.13. The van der Waals surface area contributed by atoms with Gasteiger partial charge in [-0.2, -0.15) is 0 Å². The summed E-state index contributed by atoms with van der Waals surface area (Å²) in [6, 6.07) is 0. The van der Waals surface area contributed by atoms with Crippen LogP contribution < -0.4 is 0 Å². The van der Waals surface area contributed by atoms with E-state index in [4.69, 9.17) is 0 Å². The maximum atomic E-state index is 13.0. The van der Waals surface area contributed by atoms with Gasteiger partial charge in [-0.05, 0) is 15.9 Å². The van der Waals surface area contributed by atoms with Crippen molar-refractivity contribution in [2.24, 2.45) is 0 Å². The zero-order chi connectivity index (χ0) is 10.0. The zero-order valence-corrected chi connectivity index (χ0v) is 8.06. The molecule has 0 aromatic carbocycles. The normalized spacial score (nSPS) is 9.85. The van der Waals surface area contributed by atoms with E-state index in [9.17, 15) is 13.6 Å². The number of aromatic nitrogens is 1. The van der Waals surface area contributed by atoms with E-state index in [1.165, 1.54) is 0 Å². The SMILES string of the molecule is COC(=O)c1ncc(F)c(Br)c1F. The molecule has 0 aliphatic heterocycles. The van der Waals surface area contributed by atoms with E-state index in [0.717, 1.165) is 13.3 Å². The first-order valence-corrected chi connectivity index (χ1v) is 3.95. The lowest BCUT2D eigenvalue weighted by atomic mass is 10.3. The van der Waals surface area contributed by atoms with E-state index in [1.54, 1.807) is 0 Å². The number of carbonyl (C=O) groups excluding carboxylic acids is 1. The molecule has 1 rings (SSSR count). The van der Waals surface area contributed by atoms with Crippen LogP contribution in [0.3, 0.4) is 0 Å². The van der Waals surface area contributed by atoms with Gasteiger partial charge >= 0.3 is 5.97 Å². The number of nitrogens with zero attached hydrogens (tertiary/aromatic N) is 1. The molecule has 70 valence electrons. The smallest absolute Gasteiger partial charge is 0.359 e. The molecule has 0 radical (unpaired) electrons. The Bertz CT molecular complexity index is 357. The molecule has 0 spiro atoms. The monoisotopic (exact) mass is 251 g/mol. The lowest BCUT2D eigenvalue weighted by Crippen LogP contribution is -2.08. The Morgan fingerprint density at radius 3 is 2.77 bits per heavy atom. The Morgan fingerprint density at radius 2 is 2.23 bits per heavy atom. The standard InChI is InChI=1S/C7H4BrF2NO2/c1-13-7(12)6-5(10)4(8)3(9)2-11-6/h2H,1H3. The van der Waals surface area contributed by atoms with Gasteiger partial charge in [0.25, 0.3) is 0 Å². The fourth-order valence-electron chi connectivity index (χ4n) is 0.682. The third kappa shape index (κ3) is 1.82. The Morgan fingerprint density at radius 1 is 1.62 bits per heavy atom. The van der Waals surface area contributed by atoms with Crippen molar-refractivity contribution in [2.45, 2.75) is 0 Å². The number of halogens is 3. The molecule has 3 nitrogen and oxygen atoms in total. The molecule has 1 aromatic rings. The van der Waals surface area contributed by atoms with Gasteiger partial charge in [0.05, 0.1) is 17.8 Å². The van der Waals surface area contributed by atoms with Gasteiger partial charge < -0.3 is 4.74 Å². The number of ether oxygens (including phenoxy) is 1. The van der Waals surface area contributed by atoms with Crippen molar-refractivity contribution in [3.8, 4) is 0 Å². The summed E-state index contributed by atoms with van der Waals surface area (Å²) in [7, 11) is 1.08. The molecule has 0 amide bonds. The largest absolute Gasteiger partial charge is 0.464 e. The second kappa shape index (κ2) is 3.78. The summed E-state index contributed by atoms with van der Waals surface area (Å²) in [4.78, 5) is 14.1. The summed E-state index contributed by atoms with van der Waals surface area (Å²) in [6.07, 6.45) is 0.736. The Balaban J connectivity index is 3.26. The number of hydrogen-bond donors (Lipinski definition) is 0. The topological polar surface area (TPSA) is 39.2 Å². The molecular formula is C7H4BrF2NO2. The van der Waals surface area contributed by atoms with Crippen LogP contribution in [0.2, 0.25) is 0 Å². The van der Waals surface area contributed by atoms with Crippen LogP contribution in [0.1, 0.15) is 10.5 Å². The van der Waals surface area contributed by atoms with Crippen molar-refractivity contribution in [3.63, 3.8) is 0 Å². The van der Waals surface area contributed by atoms with Crippen LogP contribution in [0.15, 0.2) is 10.7 Å². The first-order chi connectivity index (χ1) is 6.07. The van der Waals surface area contributed by atoms with E-state index in [-0.39, 0.29) is 0 Å². The van der Waals surface area contributed by atoms with Gasteiger partial charge in [0.1, 0.15) is 0 Å². The van der Waals surface area contributed by atoms with Gasteiger partial charge in [0, 0.05) is 0 Å². The minimum atomic E-state index is -1.06. The second-order valence-electron chi connectivity index (χ2n) is 2.07. The molecule has 0 aliphatic carbocycles. The van der Waals surface area contributed by atoms with Crippen LogP contribution >= 0.6 is 15.9 Å². The highest BCUT2D eigenvalue weighted by molar-refractivity contribution is 9.10. The highest BCUT2D eigenvalue weighted by Gasteiger charge is 2.18. The zero-order valence-electron chi connectivity index (χ0n) is 6.47. The van der Waals surface area contributed by atoms with Crippen LogP contribution in [0, 0.1) is 11.6 Å². The number of pyridine rings is 1. The van der Waals surface area contributed by atoms with E-state index >= 15 is 0 Å². The van der Waals surface area contributed by atoms with Crippen molar-refractivity contribution in [1.82, 2.24) is 4.98 Å². The van der Waals surface area contributed by atoms with E-state index in [2.05, 4.69) is 25.7 Å². The molecule has 1 aromatic heterocycles. The fraction of sp³-hybridized carbons (Fsp3) is 0.143. The number of methoxy groups -OCH3 is 1. The lowest BCUT2D eigenvalue weighted by molar-refractivity contribution is 0.0588. The predicted molar refractivity (Wildman–Crippen MR) is 43.2 cm³/mol. The Labute approximate surface area is 80.9 Å². The van der Waals surface area contributed by atoms with Crippen LogP contribution in [0.5, 0.6) is 0 Å². The maximum absolute atomic E-state index is 13.0. The highest BCUT2D eigenvalue weighted by atomic mass is 79.9. The van der Waals surface area contributed by atoms with Crippen molar-refractivity contribution >= 4 is 21.9 Å². The number of esters is 1. The highest BCUT2D eigenvalue weighted by Crippen LogP contribution is 2.20. The summed E-state index contributed by atoms with van der Waals surface area (Å²) >= 11 is 2.63. The van der Waals surface area contributed by atoms with Gasteiger partial charge in [-0.15, -0.1) is 0 Å². The molecule has 0 aliphatic rings. The molecule has 0 N–H and O–H groups in total. The van der Waals surface area contributed by atoms with Crippen LogP contribution in [0.25, 0.3) is 0 Å². The van der Waals surface area contributed by atoms with Gasteiger partial charge in [-0.3, -0.25) is 0 Å². The minimum Gasteiger partial charge on any atom is -0.464 e. The molecule has 0 atom stereocenters. The summed E-state index contributed by atoms with van der Waals surface area (Å²) < 4.78 is 29.5. The van der Waals surface area contributed by atoms with Crippen molar-refractivity contribution in [1.29, 1.82) is 0 Å². The Kier molecular flexibility index (Phi) is 2.92. The molecule has 0 unspecified atom stereocenters. The molecule has 0 saturated carbocycles. The second-order valence-corrected chi connectivity index (χ2v) is 2.87. The van der Waals surface area contributed by atoms with Gasteiger partial charge in [0.2, 0.25) is 0 Å². The van der Waals surface area contributed by atoms with Gasteiger partial charge in [-0.25, -0.2) is 18.6 Å². The average molecular weight is 252 g/mol. The van der Waals surface area contributed by atoms with Crippen LogP contribution in [-0.4, -0.2) is 18.1 Å². The van der Waals surface area contributed by atoms with Crippen molar-refractivity contribution < 1.29 is 18.3 Å². The molecule has 0 saturated heterocycles. The van der Waals surface area contributed by atoms with E-state index < -0.39 is 27.8 Å². The van der Waals surface area contributed by atoms with E-state index in [1.807, 2.05) is 0 Å². The summed E-state index contributed by atoms with van der Waals surface area (Å²) in [5.41, 5.74) is -0.546. The third-order valence-electron chi connectivity index (χ3n) is 1.30. The molecule has 13 heavy (non-hydrogen) atoms. The number of carbonyl (C=O) groups is 1. The Hall–Kier alpha value is -1.04. The quantitative estimate of drug-likeness (QED) is 0.716. The molecule has 0 fully saturated rings. The molecule has 6 heteroatoms. The summed E-state index contributed by atoms with van der Waals surface area (Å²) in [5.74, 6) is -2.88. The third-order valence-corrected chi connectivity index (χ3v) is 2.02. The fourth-order valence-corrected chi connectivity index (χ4v) is 0.973. The lowest BCUT2D eigenvalue weighted by Gasteiger charge is -2.01. The summed E-state index contributed by atoms with van der Waals surface area (Å²) in [5, 5.41) is 0. The van der Waals surface area contributed by atoms with E-state index in [0.29, 0.717) is 0 Å². The minimum absolute atomic E-state index is 0.428. The van der Waals surface area contributed by atoms with Crippen molar-refractivity contribution in [3.05, 3.63) is 28.0 Å². The first kappa shape index (κ1) is 10.0. The predicted octanol–water partition coefficient (Wildman–Crippen LogP) is 1.91. The van der Waals surface area contributed by atoms with Crippen LogP contribution in [-0.2, 0) is 4.74 Å².